The fraction of sp³-hybridized carbons (Fsp3) is 1.00. The highest BCUT2D eigenvalue weighted by molar-refractivity contribution is 6.21. The maximum atomic E-state index is 5.74. The van der Waals surface area contributed by atoms with Gasteiger partial charge >= 0.3 is 0 Å². The minimum absolute atomic E-state index is 0.384. The zero-order valence-corrected chi connectivity index (χ0v) is 5.20. The Morgan fingerprint density at radius 1 is 1.71 bits per heavy atom. The third-order valence-corrected chi connectivity index (χ3v) is 1.63. The number of nitrogens with one attached hydrogen (secondary N) is 1. The first-order chi connectivity index (χ1) is 3.29. The molecule has 1 aliphatic rings. The van der Waals surface area contributed by atoms with Gasteiger partial charge in [-0.3, -0.25) is 0 Å². The molecule has 42 valence electrons. The highest BCUT2D eigenvalue weighted by Gasteiger charge is 2.16. The lowest BCUT2D eigenvalue weighted by Gasteiger charge is -1.95. The van der Waals surface area contributed by atoms with Gasteiger partial charge in [0.15, 0.2) is 0 Å². The summed E-state index contributed by atoms with van der Waals surface area (Å²) < 4.78 is 0. The molecule has 1 nitrogen and oxygen atoms in total. The molecular weight excluding hydrogens is 110 g/mol. The summed E-state index contributed by atoms with van der Waals surface area (Å²) in [6.45, 7) is 3.14. The Labute approximate surface area is 49.0 Å². The van der Waals surface area contributed by atoms with Crippen LogP contribution in [0, 0.1) is 0 Å². The smallest absolute Gasteiger partial charge is 0.0475 e. The van der Waals surface area contributed by atoms with Crippen LogP contribution >= 0.6 is 11.6 Å². The van der Waals surface area contributed by atoms with Crippen LogP contribution in [0.15, 0.2) is 0 Å². The normalized spacial score (nSPS) is 42.0. The second kappa shape index (κ2) is 2.01. The van der Waals surface area contributed by atoms with Gasteiger partial charge in [-0.05, 0) is 13.3 Å². The van der Waals surface area contributed by atoms with E-state index in [1.807, 2.05) is 0 Å². The fourth-order valence-electron chi connectivity index (χ4n) is 0.879. The zero-order valence-electron chi connectivity index (χ0n) is 4.45. The molecule has 2 atom stereocenters. The van der Waals surface area contributed by atoms with Gasteiger partial charge in [0.1, 0.15) is 0 Å². The molecule has 0 saturated carbocycles. The number of hydrogen-bond donors (Lipinski definition) is 1. The fourth-order valence-corrected chi connectivity index (χ4v) is 1.24. The monoisotopic (exact) mass is 119 g/mol. The summed E-state index contributed by atoms with van der Waals surface area (Å²) >= 11 is 5.74. The second-order valence-electron chi connectivity index (χ2n) is 2.14. The molecule has 1 fully saturated rings. The molecule has 0 aromatic rings. The van der Waals surface area contributed by atoms with Crippen molar-refractivity contribution < 1.29 is 0 Å². The van der Waals surface area contributed by atoms with Crippen molar-refractivity contribution >= 4 is 11.6 Å². The van der Waals surface area contributed by atoms with Gasteiger partial charge in [-0.15, -0.1) is 11.6 Å². The number of halogens is 1. The molecule has 1 aliphatic heterocycles. The Hall–Kier alpha value is 0.250. The van der Waals surface area contributed by atoms with Gasteiger partial charge in [0, 0.05) is 18.0 Å². The van der Waals surface area contributed by atoms with E-state index in [4.69, 9.17) is 11.6 Å². The van der Waals surface area contributed by atoms with Crippen molar-refractivity contribution in [3.63, 3.8) is 0 Å². The van der Waals surface area contributed by atoms with Crippen LogP contribution in [-0.2, 0) is 0 Å². The molecular formula is C5H10ClN. The van der Waals surface area contributed by atoms with E-state index < -0.39 is 0 Å². The van der Waals surface area contributed by atoms with Crippen LogP contribution in [0.5, 0.6) is 0 Å². The zero-order chi connectivity index (χ0) is 5.28. The molecule has 0 bridgehead atoms. The molecule has 1 rings (SSSR count). The molecule has 0 spiro atoms. The van der Waals surface area contributed by atoms with Crippen LogP contribution in [-0.4, -0.2) is 18.0 Å². The van der Waals surface area contributed by atoms with Crippen LogP contribution in [0.3, 0.4) is 0 Å². The van der Waals surface area contributed by atoms with Gasteiger partial charge in [-0.1, -0.05) is 0 Å². The topological polar surface area (TPSA) is 12.0 Å². The molecule has 2 heteroatoms. The summed E-state index contributed by atoms with van der Waals surface area (Å²) in [6.07, 6.45) is 1.13. The lowest BCUT2D eigenvalue weighted by Crippen LogP contribution is -2.16. The molecule has 0 amide bonds. The van der Waals surface area contributed by atoms with E-state index in [2.05, 4.69) is 12.2 Å². The van der Waals surface area contributed by atoms with Crippen LogP contribution in [0.4, 0.5) is 0 Å². The molecule has 1 saturated heterocycles. The van der Waals surface area contributed by atoms with E-state index in [1.165, 1.54) is 0 Å². The van der Waals surface area contributed by atoms with E-state index >= 15 is 0 Å². The second-order valence-corrected chi connectivity index (χ2v) is 2.76. The van der Waals surface area contributed by atoms with Gasteiger partial charge in [0.2, 0.25) is 0 Å². The highest BCUT2D eigenvalue weighted by Crippen LogP contribution is 2.10. The van der Waals surface area contributed by atoms with Gasteiger partial charge in [0.05, 0.1) is 0 Å². The van der Waals surface area contributed by atoms with E-state index in [0.717, 1.165) is 13.0 Å². The summed E-state index contributed by atoms with van der Waals surface area (Å²) in [5, 5.41) is 3.62. The summed E-state index contributed by atoms with van der Waals surface area (Å²) in [5.74, 6) is 0. The number of alkyl halides is 1. The Morgan fingerprint density at radius 2 is 2.43 bits per heavy atom. The van der Waals surface area contributed by atoms with Crippen molar-refractivity contribution in [2.75, 3.05) is 6.54 Å². The number of rotatable bonds is 0. The SMILES string of the molecule is CC1CC(Cl)CN1. The standard InChI is InChI=1S/C5H10ClN/c1-4-2-5(6)3-7-4/h4-5,7H,2-3H2,1H3. The quantitative estimate of drug-likeness (QED) is 0.469. The largest absolute Gasteiger partial charge is 0.313 e. The lowest BCUT2D eigenvalue weighted by molar-refractivity contribution is 0.665. The third-order valence-electron chi connectivity index (χ3n) is 1.30. The van der Waals surface area contributed by atoms with E-state index in [0.29, 0.717) is 11.4 Å². The van der Waals surface area contributed by atoms with Crippen LogP contribution in [0.1, 0.15) is 13.3 Å². The van der Waals surface area contributed by atoms with Crippen molar-refractivity contribution in [1.29, 1.82) is 0 Å². The third kappa shape index (κ3) is 1.32. The van der Waals surface area contributed by atoms with E-state index in [-0.39, 0.29) is 0 Å². The average Bonchev–Trinajstić information content (AvgIpc) is 1.87. The molecule has 0 aromatic heterocycles. The minimum atomic E-state index is 0.384. The summed E-state index contributed by atoms with van der Waals surface area (Å²) in [6, 6.07) is 0.641. The van der Waals surface area contributed by atoms with Gasteiger partial charge in [0.25, 0.3) is 0 Å². The predicted molar refractivity (Wildman–Crippen MR) is 31.7 cm³/mol. The van der Waals surface area contributed by atoms with Gasteiger partial charge in [-0.25, -0.2) is 0 Å². The Kier molecular flexibility index (Phi) is 1.55. The molecule has 1 heterocycles. The molecule has 2 unspecified atom stereocenters. The summed E-state index contributed by atoms with van der Waals surface area (Å²) in [5.41, 5.74) is 0. The van der Waals surface area contributed by atoms with Crippen molar-refractivity contribution in [3.8, 4) is 0 Å². The lowest BCUT2D eigenvalue weighted by atomic mass is 10.3. The van der Waals surface area contributed by atoms with Crippen LogP contribution < -0.4 is 5.32 Å². The highest BCUT2D eigenvalue weighted by atomic mass is 35.5. The number of hydrogen-bond acceptors (Lipinski definition) is 1. The van der Waals surface area contributed by atoms with Crippen molar-refractivity contribution in [2.24, 2.45) is 0 Å². The minimum Gasteiger partial charge on any atom is -0.313 e. The van der Waals surface area contributed by atoms with Crippen molar-refractivity contribution in [3.05, 3.63) is 0 Å². The Balaban J connectivity index is 2.26. The van der Waals surface area contributed by atoms with Crippen molar-refractivity contribution in [1.82, 2.24) is 5.32 Å². The van der Waals surface area contributed by atoms with Crippen LogP contribution in [0.2, 0.25) is 0 Å². The first-order valence-electron chi connectivity index (χ1n) is 2.66. The first kappa shape index (κ1) is 5.39. The summed E-state index contributed by atoms with van der Waals surface area (Å²) in [4.78, 5) is 0. The molecule has 0 aliphatic carbocycles. The first-order valence-corrected chi connectivity index (χ1v) is 3.10. The predicted octanol–water partition coefficient (Wildman–Crippen LogP) is 0.976. The summed E-state index contributed by atoms with van der Waals surface area (Å²) in [7, 11) is 0. The van der Waals surface area contributed by atoms with Crippen LogP contribution in [0.25, 0.3) is 0 Å². The maximum Gasteiger partial charge on any atom is 0.0475 e. The molecule has 0 radical (unpaired) electrons. The molecule has 0 aromatic carbocycles. The van der Waals surface area contributed by atoms with Gasteiger partial charge in [-0.2, -0.15) is 0 Å². The van der Waals surface area contributed by atoms with Gasteiger partial charge < -0.3 is 5.32 Å². The van der Waals surface area contributed by atoms with E-state index in [9.17, 15) is 0 Å². The molecule has 7 heavy (non-hydrogen) atoms. The van der Waals surface area contributed by atoms with E-state index in [1.54, 1.807) is 0 Å². The average molecular weight is 120 g/mol. The van der Waals surface area contributed by atoms with Crippen molar-refractivity contribution in [2.45, 2.75) is 24.8 Å². The molecule has 1 N–H and O–H groups in total. The Morgan fingerprint density at radius 3 is 2.57 bits per heavy atom. The Bertz CT molecular complexity index is 57.1. The maximum absolute atomic E-state index is 5.74.